The normalized spacial score (nSPS) is 11.0. The van der Waals surface area contributed by atoms with Crippen molar-refractivity contribution in [3.63, 3.8) is 0 Å². The predicted octanol–water partition coefficient (Wildman–Crippen LogP) is 2.21. The summed E-state index contributed by atoms with van der Waals surface area (Å²) in [6, 6.07) is 12.6. The van der Waals surface area contributed by atoms with Crippen LogP contribution >= 0.6 is 11.6 Å². The van der Waals surface area contributed by atoms with Crippen LogP contribution in [0.3, 0.4) is 0 Å². The number of imidazole rings is 1. The lowest BCUT2D eigenvalue weighted by Crippen LogP contribution is -2.32. The number of hydrogen-bond acceptors (Lipinski definition) is 4. The smallest absolute Gasteiger partial charge is 0.287 e. The molecule has 3 aromatic rings. The number of carbonyl (C=O) groups excluding carboxylic acids is 2. The van der Waals surface area contributed by atoms with E-state index in [1.807, 2.05) is 37.2 Å². The molecule has 0 spiro atoms. The largest absolute Gasteiger partial charge is 0.348 e. The Kier molecular flexibility index (Phi) is 6.28. The molecule has 1 aromatic carbocycles. The summed E-state index contributed by atoms with van der Waals surface area (Å²) in [6.07, 6.45) is 1.72. The Hall–Kier alpha value is -2.90. The number of carbonyl (C=O) groups is 2. The van der Waals surface area contributed by atoms with Gasteiger partial charge in [-0.3, -0.25) is 14.0 Å². The maximum absolute atomic E-state index is 12.7. The van der Waals surface area contributed by atoms with Gasteiger partial charge in [0.05, 0.1) is 5.52 Å². The molecule has 0 saturated heterocycles. The van der Waals surface area contributed by atoms with E-state index in [1.54, 1.807) is 34.9 Å². The van der Waals surface area contributed by atoms with E-state index in [1.165, 1.54) is 0 Å². The summed E-state index contributed by atoms with van der Waals surface area (Å²) in [7, 11) is 3.86. The highest BCUT2D eigenvalue weighted by atomic mass is 35.5. The van der Waals surface area contributed by atoms with Crippen molar-refractivity contribution in [2.45, 2.75) is 6.54 Å². The van der Waals surface area contributed by atoms with Gasteiger partial charge in [-0.25, -0.2) is 4.98 Å². The van der Waals surface area contributed by atoms with Gasteiger partial charge in [0.25, 0.3) is 11.8 Å². The van der Waals surface area contributed by atoms with Gasteiger partial charge in [0, 0.05) is 30.9 Å². The molecule has 2 amide bonds. The third-order valence-corrected chi connectivity index (χ3v) is 4.58. The van der Waals surface area contributed by atoms with E-state index in [2.05, 4.69) is 15.6 Å². The van der Waals surface area contributed by atoms with E-state index < -0.39 is 0 Å². The van der Waals surface area contributed by atoms with Crippen LogP contribution in [0.2, 0.25) is 5.02 Å². The molecule has 7 nitrogen and oxygen atoms in total. The second kappa shape index (κ2) is 8.86. The number of hydrogen-bond donors (Lipinski definition) is 2. The predicted molar refractivity (Wildman–Crippen MR) is 109 cm³/mol. The molecule has 3 rings (SSSR count). The van der Waals surface area contributed by atoms with Gasteiger partial charge in [0.2, 0.25) is 5.82 Å². The molecule has 0 unspecified atom stereocenters. The topological polar surface area (TPSA) is 78.7 Å². The van der Waals surface area contributed by atoms with Gasteiger partial charge in [-0.15, -0.1) is 0 Å². The van der Waals surface area contributed by atoms with Crippen molar-refractivity contribution in [2.75, 3.05) is 27.2 Å². The van der Waals surface area contributed by atoms with Crippen molar-refractivity contribution in [2.24, 2.45) is 0 Å². The Morgan fingerprint density at radius 2 is 1.82 bits per heavy atom. The van der Waals surface area contributed by atoms with Crippen molar-refractivity contribution in [1.29, 1.82) is 0 Å². The van der Waals surface area contributed by atoms with Crippen LogP contribution in [0.15, 0.2) is 48.7 Å². The molecule has 2 aromatic heterocycles. The molecule has 28 heavy (non-hydrogen) atoms. The van der Waals surface area contributed by atoms with Crippen molar-refractivity contribution in [3.05, 3.63) is 70.8 Å². The van der Waals surface area contributed by atoms with E-state index >= 15 is 0 Å². The molecule has 146 valence electrons. The SMILES string of the molecule is CN(C)CCNC(=O)c1nc(C(=O)NCc2ccccc2Cl)c2ccccn12. The van der Waals surface area contributed by atoms with Crippen LogP contribution in [-0.4, -0.2) is 53.3 Å². The van der Waals surface area contributed by atoms with Gasteiger partial charge in [0.15, 0.2) is 5.69 Å². The average molecular weight is 400 g/mol. The first-order valence-corrected chi connectivity index (χ1v) is 9.27. The average Bonchev–Trinajstić information content (AvgIpc) is 3.07. The highest BCUT2D eigenvalue weighted by Crippen LogP contribution is 2.16. The number of nitrogens with zero attached hydrogens (tertiary/aromatic N) is 3. The standard InChI is InChI=1S/C20H22ClN5O2/c1-25(2)12-10-22-20(28)18-24-17(16-9-5-6-11-26(16)18)19(27)23-13-14-7-3-4-8-15(14)21/h3-9,11H,10,12-13H2,1-2H3,(H,22,28)(H,23,27). The second-order valence-corrected chi connectivity index (χ2v) is 6.98. The van der Waals surface area contributed by atoms with E-state index in [9.17, 15) is 9.59 Å². The fourth-order valence-corrected chi connectivity index (χ4v) is 2.94. The Morgan fingerprint density at radius 1 is 1.07 bits per heavy atom. The van der Waals surface area contributed by atoms with E-state index in [-0.39, 0.29) is 29.9 Å². The number of likely N-dealkylation sites (N-methyl/N-ethyl adjacent to an activating group) is 1. The fraction of sp³-hybridized carbons (Fsp3) is 0.250. The first-order chi connectivity index (χ1) is 13.5. The van der Waals surface area contributed by atoms with Crippen LogP contribution in [0.4, 0.5) is 0 Å². The van der Waals surface area contributed by atoms with Crippen LogP contribution in [0.1, 0.15) is 26.7 Å². The number of nitrogens with one attached hydrogen (secondary N) is 2. The Morgan fingerprint density at radius 3 is 2.57 bits per heavy atom. The zero-order valence-corrected chi connectivity index (χ0v) is 16.5. The minimum atomic E-state index is -0.365. The highest BCUT2D eigenvalue weighted by molar-refractivity contribution is 6.31. The third kappa shape index (κ3) is 4.49. The Bertz CT molecular complexity index is 999. The molecule has 0 aliphatic carbocycles. The number of halogens is 1. The Balaban J connectivity index is 1.80. The zero-order chi connectivity index (χ0) is 20.1. The van der Waals surface area contributed by atoms with E-state index in [4.69, 9.17) is 11.6 Å². The summed E-state index contributed by atoms with van der Waals surface area (Å²) < 4.78 is 1.62. The van der Waals surface area contributed by atoms with Gasteiger partial charge < -0.3 is 15.5 Å². The highest BCUT2D eigenvalue weighted by Gasteiger charge is 2.21. The fourth-order valence-electron chi connectivity index (χ4n) is 2.74. The van der Waals surface area contributed by atoms with Gasteiger partial charge >= 0.3 is 0 Å². The monoisotopic (exact) mass is 399 g/mol. The number of aromatic nitrogens is 2. The molecular weight excluding hydrogens is 378 g/mol. The summed E-state index contributed by atoms with van der Waals surface area (Å²) in [4.78, 5) is 31.5. The van der Waals surface area contributed by atoms with Crippen molar-refractivity contribution in [3.8, 4) is 0 Å². The molecule has 2 heterocycles. The lowest BCUT2D eigenvalue weighted by molar-refractivity contribution is 0.0940. The molecule has 0 atom stereocenters. The number of fused-ring (bicyclic) bond motifs is 1. The van der Waals surface area contributed by atoms with Crippen LogP contribution in [0.25, 0.3) is 5.52 Å². The van der Waals surface area contributed by atoms with Crippen molar-refractivity contribution >= 4 is 28.9 Å². The van der Waals surface area contributed by atoms with Gasteiger partial charge in [0.1, 0.15) is 0 Å². The van der Waals surface area contributed by atoms with Crippen molar-refractivity contribution in [1.82, 2.24) is 24.9 Å². The minimum absolute atomic E-state index is 0.178. The summed E-state index contributed by atoms with van der Waals surface area (Å²) >= 11 is 6.14. The van der Waals surface area contributed by atoms with Crippen LogP contribution in [-0.2, 0) is 6.54 Å². The zero-order valence-electron chi connectivity index (χ0n) is 15.8. The summed E-state index contributed by atoms with van der Waals surface area (Å²) in [6.45, 7) is 1.47. The lowest BCUT2D eigenvalue weighted by atomic mass is 10.2. The lowest BCUT2D eigenvalue weighted by Gasteiger charge is -2.09. The molecule has 0 saturated carbocycles. The molecule has 0 aliphatic heterocycles. The minimum Gasteiger partial charge on any atom is -0.348 e. The summed E-state index contributed by atoms with van der Waals surface area (Å²) in [5, 5.41) is 6.23. The second-order valence-electron chi connectivity index (χ2n) is 6.57. The molecule has 0 aliphatic rings. The van der Waals surface area contributed by atoms with Gasteiger partial charge in [-0.05, 0) is 37.9 Å². The Labute approximate surface area is 168 Å². The summed E-state index contributed by atoms with van der Waals surface area (Å²) in [5.74, 6) is -0.513. The van der Waals surface area contributed by atoms with Crippen LogP contribution in [0.5, 0.6) is 0 Å². The van der Waals surface area contributed by atoms with Crippen molar-refractivity contribution < 1.29 is 9.59 Å². The molecule has 0 bridgehead atoms. The maximum Gasteiger partial charge on any atom is 0.287 e. The number of rotatable bonds is 7. The maximum atomic E-state index is 12.7. The number of pyridine rings is 1. The van der Waals surface area contributed by atoms with Gasteiger partial charge in [-0.1, -0.05) is 35.9 Å². The molecule has 2 N–H and O–H groups in total. The van der Waals surface area contributed by atoms with Gasteiger partial charge in [-0.2, -0.15) is 0 Å². The van der Waals surface area contributed by atoms with E-state index in [0.717, 1.165) is 5.56 Å². The molecular formula is C20H22ClN5O2. The molecule has 8 heteroatoms. The first kappa shape index (κ1) is 19.9. The molecule has 0 fully saturated rings. The number of benzene rings is 1. The number of amides is 2. The van der Waals surface area contributed by atoms with Crippen LogP contribution in [0, 0.1) is 0 Å². The quantitative estimate of drug-likeness (QED) is 0.638. The van der Waals surface area contributed by atoms with Crippen LogP contribution < -0.4 is 10.6 Å². The summed E-state index contributed by atoms with van der Waals surface area (Å²) in [5.41, 5.74) is 1.57. The van der Waals surface area contributed by atoms with E-state index in [0.29, 0.717) is 23.6 Å². The third-order valence-electron chi connectivity index (χ3n) is 4.21. The first-order valence-electron chi connectivity index (χ1n) is 8.89. The molecule has 0 radical (unpaired) electrons.